The molecular weight excluding hydrogens is 135 g/mol. The van der Waals surface area contributed by atoms with Crippen molar-refractivity contribution in [1.29, 1.82) is 0 Å². The summed E-state index contributed by atoms with van der Waals surface area (Å²) in [5, 5.41) is 0.537. The summed E-state index contributed by atoms with van der Waals surface area (Å²) in [5.74, 6) is 0.0619. The van der Waals surface area contributed by atoms with Gasteiger partial charge in [0.1, 0.15) is 5.83 Å². The average molecular weight is 146 g/mol. The van der Waals surface area contributed by atoms with Gasteiger partial charge >= 0.3 is 0 Å². The van der Waals surface area contributed by atoms with Crippen molar-refractivity contribution < 1.29 is 4.39 Å². The zero-order chi connectivity index (χ0) is 6.85. The third kappa shape index (κ3) is 1.48. The summed E-state index contributed by atoms with van der Waals surface area (Å²) in [6, 6.07) is 0. The van der Waals surface area contributed by atoms with Crippen molar-refractivity contribution >= 4 is 11.8 Å². The lowest BCUT2D eigenvalue weighted by atomic mass is 10.3. The third-order valence-corrected chi connectivity index (χ3v) is 2.97. The Bertz CT molecular complexity index is 131. The van der Waals surface area contributed by atoms with Gasteiger partial charge in [-0.2, -0.15) is 0 Å². The van der Waals surface area contributed by atoms with Crippen molar-refractivity contribution in [2.75, 3.05) is 0 Å². The van der Waals surface area contributed by atoms with E-state index in [1.807, 2.05) is 6.92 Å². The highest BCUT2D eigenvalue weighted by Gasteiger charge is 2.21. The summed E-state index contributed by atoms with van der Waals surface area (Å²) in [7, 11) is 0. The minimum Gasteiger partial charge on any atom is -0.211 e. The molecule has 0 bridgehead atoms. The fourth-order valence-electron chi connectivity index (χ4n) is 0.894. The predicted octanol–water partition coefficient (Wildman–Crippen LogP) is 2.75. The Morgan fingerprint density at radius 3 is 2.67 bits per heavy atom. The molecule has 2 unspecified atom stereocenters. The van der Waals surface area contributed by atoms with Gasteiger partial charge in [-0.3, -0.25) is 0 Å². The van der Waals surface area contributed by atoms with Gasteiger partial charge in [-0.1, -0.05) is 6.92 Å². The second-order valence-corrected chi connectivity index (χ2v) is 3.86. The first-order valence-electron chi connectivity index (χ1n) is 3.26. The van der Waals surface area contributed by atoms with Crippen LogP contribution >= 0.6 is 11.8 Å². The summed E-state index contributed by atoms with van der Waals surface area (Å²) in [5.41, 5.74) is 0. The van der Waals surface area contributed by atoms with Gasteiger partial charge in [0.05, 0.1) is 5.25 Å². The van der Waals surface area contributed by atoms with Crippen molar-refractivity contribution in [2.45, 2.75) is 30.8 Å². The molecule has 0 nitrogen and oxygen atoms in total. The average Bonchev–Trinajstić information content (AvgIpc) is 2.13. The zero-order valence-electron chi connectivity index (χ0n) is 5.73. The largest absolute Gasteiger partial charge is 0.211 e. The SMILES string of the molecule is CCC1C=C(F)C(C)S1. The quantitative estimate of drug-likeness (QED) is 0.548. The fraction of sp³-hybridized carbons (Fsp3) is 0.714. The summed E-state index contributed by atoms with van der Waals surface area (Å²) in [6.07, 6.45) is 2.78. The maximum atomic E-state index is 12.6. The van der Waals surface area contributed by atoms with Crippen molar-refractivity contribution in [3.05, 3.63) is 11.9 Å². The summed E-state index contributed by atoms with van der Waals surface area (Å²) >= 11 is 1.71. The van der Waals surface area contributed by atoms with Crippen molar-refractivity contribution in [3.8, 4) is 0 Å². The highest BCUT2D eigenvalue weighted by molar-refractivity contribution is 8.01. The molecule has 0 aromatic rings. The molecule has 0 saturated carbocycles. The van der Waals surface area contributed by atoms with Crippen LogP contribution in [0.25, 0.3) is 0 Å². The summed E-state index contributed by atoms with van der Waals surface area (Å²) < 4.78 is 12.6. The van der Waals surface area contributed by atoms with Crippen LogP contribution in [0, 0.1) is 0 Å². The van der Waals surface area contributed by atoms with E-state index in [0.717, 1.165) is 6.42 Å². The molecule has 1 aliphatic rings. The lowest BCUT2D eigenvalue weighted by molar-refractivity contribution is 0.612. The molecule has 0 radical (unpaired) electrons. The van der Waals surface area contributed by atoms with Crippen LogP contribution in [0.4, 0.5) is 4.39 Å². The van der Waals surface area contributed by atoms with E-state index in [0.29, 0.717) is 5.25 Å². The molecule has 1 rings (SSSR count). The van der Waals surface area contributed by atoms with E-state index in [-0.39, 0.29) is 11.1 Å². The van der Waals surface area contributed by atoms with E-state index in [1.165, 1.54) is 0 Å². The summed E-state index contributed by atoms with van der Waals surface area (Å²) in [4.78, 5) is 0. The van der Waals surface area contributed by atoms with Gasteiger partial charge in [0.25, 0.3) is 0 Å². The Labute approximate surface area is 59.5 Å². The van der Waals surface area contributed by atoms with Crippen molar-refractivity contribution in [3.63, 3.8) is 0 Å². The third-order valence-electron chi connectivity index (χ3n) is 1.51. The maximum absolute atomic E-state index is 12.6. The maximum Gasteiger partial charge on any atom is 0.110 e. The molecule has 0 fully saturated rings. The smallest absolute Gasteiger partial charge is 0.110 e. The Morgan fingerprint density at radius 2 is 2.44 bits per heavy atom. The lowest BCUT2D eigenvalue weighted by Gasteiger charge is -2.02. The second kappa shape index (κ2) is 2.74. The van der Waals surface area contributed by atoms with Crippen LogP contribution in [0.3, 0.4) is 0 Å². The Balaban J connectivity index is 2.52. The van der Waals surface area contributed by atoms with Crippen LogP contribution in [0.5, 0.6) is 0 Å². The molecule has 0 spiro atoms. The van der Waals surface area contributed by atoms with Crippen molar-refractivity contribution in [2.24, 2.45) is 0 Å². The molecule has 0 aromatic heterocycles. The molecule has 0 amide bonds. The number of hydrogen-bond donors (Lipinski definition) is 0. The first kappa shape index (κ1) is 7.13. The van der Waals surface area contributed by atoms with Crippen molar-refractivity contribution in [1.82, 2.24) is 0 Å². The molecule has 9 heavy (non-hydrogen) atoms. The summed E-state index contributed by atoms with van der Waals surface area (Å²) in [6.45, 7) is 3.99. The van der Waals surface area contributed by atoms with Crippen LogP contribution in [0.15, 0.2) is 11.9 Å². The van der Waals surface area contributed by atoms with Crippen LogP contribution in [0.2, 0.25) is 0 Å². The molecule has 0 aliphatic carbocycles. The van der Waals surface area contributed by atoms with Gasteiger partial charge in [0, 0.05) is 5.25 Å². The predicted molar refractivity (Wildman–Crippen MR) is 40.3 cm³/mol. The molecule has 1 heterocycles. The number of hydrogen-bond acceptors (Lipinski definition) is 1. The van der Waals surface area contributed by atoms with Crippen LogP contribution in [0.1, 0.15) is 20.3 Å². The molecule has 0 saturated heterocycles. The van der Waals surface area contributed by atoms with E-state index < -0.39 is 0 Å². The first-order valence-corrected chi connectivity index (χ1v) is 4.21. The van der Waals surface area contributed by atoms with Crippen LogP contribution in [-0.2, 0) is 0 Å². The number of halogens is 1. The monoisotopic (exact) mass is 146 g/mol. The van der Waals surface area contributed by atoms with E-state index in [2.05, 4.69) is 6.92 Å². The lowest BCUT2D eigenvalue weighted by Crippen LogP contribution is -1.93. The van der Waals surface area contributed by atoms with Gasteiger partial charge in [0.2, 0.25) is 0 Å². The zero-order valence-corrected chi connectivity index (χ0v) is 6.54. The minimum absolute atomic E-state index is 0.0619. The van der Waals surface area contributed by atoms with Gasteiger partial charge in [0.15, 0.2) is 0 Å². The standard InChI is InChI=1S/C7H11FS/c1-3-6-4-7(8)5(2)9-6/h4-6H,3H2,1-2H3. The fourth-order valence-corrected chi connectivity index (χ4v) is 2.03. The van der Waals surface area contributed by atoms with E-state index in [1.54, 1.807) is 17.8 Å². The highest BCUT2D eigenvalue weighted by atomic mass is 32.2. The Hall–Kier alpha value is 0.0200. The molecule has 0 N–H and O–H groups in total. The normalized spacial score (nSPS) is 34.8. The minimum atomic E-state index is 0.0619. The van der Waals surface area contributed by atoms with Crippen LogP contribution in [-0.4, -0.2) is 10.5 Å². The molecule has 2 atom stereocenters. The van der Waals surface area contributed by atoms with Gasteiger partial charge < -0.3 is 0 Å². The Kier molecular flexibility index (Phi) is 2.17. The Morgan fingerprint density at radius 1 is 1.78 bits per heavy atom. The molecule has 0 aromatic carbocycles. The molecule has 1 aliphatic heterocycles. The van der Waals surface area contributed by atoms with E-state index in [9.17, 15) is 4.39 Å². The molecule has 2 heteroatoms. The topological polar surface area (TPSA) is 0 Å². The van der Waals surface area contributed by atoms with E-state index >= 15 is 0 Å². The van der Waals surface area contributed by atoms with Gasteiger partial charge in [-0.05, 0) is 19.4 Å². The highest BCUT2D eigenvalue weighted by Crippen LogP contribution is 2.34. The first-order chi connectivity index (χ1) is 4.24. The molecular formula is C7H11FS. The number of thioether (sulfide) groups is 1. The second-order valence-electron chi connectivity index (χ2n) is 2.28. The number of rotatable bonds is 1. The van der Waals surface area contributed by atoms with Gasteiger partial charge in [-0.25, -0.2) is 4.39 Å². The van der Waals surface area contributed by atoms with E-state index in [4.69, 9.17) is 0 Å². The molecule has 52 valence electrons. The van der Waals surface area contributed by atoms with Gasteiger partial charge in [-0.15, -0.1) is 11.8 Å². The van der Waals surface area contributed by atoms with Crippen LogP contribution < -0.4 is 0 Å².